The first-order chi connectivity index (χ1) is 6.90. The average molecular weight is 187 g/mol. The standard InChI is InChI=1S/C12H13NO/c14-8-4-3-6-11-9-10-5-1-2-7-12(10)13-11/h1-2,5,7-9,13H,3-4,6H2. The molecule has 0 fully saturated rings. The lowest BCUT2D eigenvalue weighted by Crippen LogP contribution is -1.85. The maximum absolute atomic E-state index is 10.2. The summed E-state index contributed by atoms with van der Waals surface area (Å²) in [7, 11) is 0. The fourth-order valence-electron chi connectivity index (χ4n) is 1.64. The van der Waals surface area contributed by atoms with Crippen molar-refractivity contribution in [3.63, 3.8) is 0 Å². The van der Waals surface area contributed by atoms with Gasteiger partial charge in [-0.15, -0.1) is 0 Å². The molecule has 0 aliphatic carbocycles. The number of para-hydroxylation sites is 1. The van der Waals surface area contributed by atoms with Crippen molar-refractivity contribution in [2.45, 2.75) is 19.3 Å². The van der Waals surface area contributed by atoms with Gasteiger partial charge >= 0.3 is 0 Å². The first kappa shape index (κ1) is 9.00. The summed E-state index contributed by atoms with van der Waals surface area (Å²) in [6.07, 6.45) is 3.50. The second-order valence-electron chi connectivity index (χ2n) is 3.44. The molecular formula is C12H13NO. The topological polar surface area (TPSA) is 32.9 Å². The van der Waals surface area contributed by atoms with Crippen LogP contribution in [0.25, 0.3) is 10.9 Å². The monoisotopic (exact) mass is 187 g/mol. The zero-order chi connectivity index (χ0) is 9.80. The summed E-state index contributed by atoms with van der Waals surface area (Å²) >= 11 is 0. The number of carbonyl (C=O) groups excluding carboxylic acids is 1. The van der Waals surface area contributed by atoms with E-state index >= 15 is 0 Å². The molecule has 1 heterocycles. The SMILES string of the molecule is O=CCCCc1cc2ccccc2[nH]1. The van der Waals surface area contributed by atoms with E-state index in [0.717, 1.165) is 19.1 Å². The van der Waals surface area contributed by atoms with Crippen LogP contribution in [0.4, 0.5) is 0 Å². The summed E-state index contributed by atoms with van der Waals surface area (Å²) in [4.78, 5) is 13.5. The molecule has 0 radical (unpaired) electrons. The molecule has 2 nitrogen and oxygen atoms in total. The van der Waals surface area contributed by atoms with Crippen molar-refractivity contribution < 1.29 is 4.79 Å². The predicted octanol–water partition coefficient (Wildman–Crippen LogP) is 2.69. The number of aldehydes is 1. The molecule has 0 spiro atoms. The van der Waals surface area contributed by atoms with Crippen LogP contribution in [0.15, 0.2) is 30.3 Å². The normalized spacial score (nSPS) is 10.6. The Bertz CT molecular complexity index is 398. The summed E-state index contributed by atoms with van der Waals surface area (Å²) in [6.45, 7) is 0. The number of H-pyrrole nitrogens is 1. The van der Waals surface area contributed by atoms with Gasteiger partial charge in [-0.3, -0.25) is 0 Å². The van der Waals surface area contributed by atoms with E-state index in [1.807, 2.05) is 12.1 Å². The van der Waals surface area contributed by atoms with Crippen molar-refractivity contribution in [3.05, 3.63) is 36.0 Å². The van der Waals surface area contributed by atoms with Gasteiger partial charge in [0.25, 0.3) is 0 Å². The maximum Gasteiger partial charge on any atom is 0.120 e. The van der Waals surface area contributed by atoms with E-state index in [9.17, 15) is 4.79 Å². The summed E-state index contributed by atoms with van der Waals surface area (Å²) in [5.74, 6) is 0. The van der Waals surface area contributed by atoms with Crippen LogP contribution in [-0.4, -0.2) is 11.3 Å². The quantitative estimate of drug-likeness (QED) is 0.579. The highest BCUT2D eigenvalue weighted by molar-refractivity contribution is 5.80. The minimum atomic E-state index is 0.648. The third-order valence-electron chi connectivity index (χ3n) is 2.35. The number of nitrogens with one attached hydrogen (secondary N) is 1. The van der Waals surface area contributed by atoms with Crippen LogP contribution in [-0.2, 0) is 11.2 Å². The third kappa shape index (κ3) is 1.84. The molecule has 14 heavy (non-hydrogen) atoms. The molecule has 0 saturated heterocycles. The van der Waals surface area contributed by atoms with E-state index in [4.69, 9.17) is 0 Å². The van der Waals surface area contributed by atoms with Gasteiger partial charge in [-0.1, -0.05) is 18.2 Å². The fourth-order valence-corrected chi connectivity index (χ4v) is 1.64. The van der Waals surface area contributed by atoms with Gasteiger partial charge in [0.1, 0.15) is 6.29 Å². The average Bonchev–Trinajstić information content (AvgIpc) is 2.60. The van der Waals surface area contributed by atoms with Gasteiger partial charge in [-0.05, 0) is 30.4 Å². The van der Waals surface area contributed by atoms with Gasteiger partial charge in [0, 0.05) is 17.6 Å². The Labute approximate surface area is 82.9 Å². The zero-order valence-corrected chi connectivity index (χ0v) is 7.99. The number of carbonyl (C=O) groups is 1. The molecule has 1 N–H and O–H groups in total. The number of fused-ring (bicyclic) bond motifs is 1. The minimum absolute atomic E-state index is 0.648. The van der Waals surface area contributed by atoms with Crippen molar-refractivity contribution in [2.24, 2.45) is 0 Å². The highest BCUT2D eigenvalue weighted by Gasteiger charge is 1.98. The Morgan fingerprint density at radius 2 is 2.14 bits per heavy atom. The second kappa shape index (κ2) is 4.09. The molecule has 0 saturated carbocycles. The minimum Gasteiger partial charge on any atom is -0.358 e. The van der Waals surface area contributed by atoms with Gasteiger partial charge in [-0.2, -0.15) is 0 Å². The Morgan fingerprint density at radius 3 is 2.93 bits per heavy atom. The van der Waals surface area contributed by atoms with E-state index in [1.165, 1.54) is 16.6 Å². The van der Waals surface area contributed by atoms with E-state index in [-0.39, 0.29) is 0 Å². The molecule has 0 aliphatic heterocycles. The summed E-state index contributed by atoms with van der Waals surface area (Å²) < 4.78 is 0. The van der Waals surface area contributed by atoms with Crippen LogP contribution in [0.2, 0.25) is 0 Å². The zero-order valence-electron chi connectivity index (χ0n) is 7.99. The van der Waals surface area contributed by atoms with E-state index in [2.05, 4.69) is 23.2 Å². The van der Waals surface area contributed by atoms with Crippen molar-refractivity contribution in [3.8, 4) is 0 Å². The Morgan fingerprint density at radius 1 is 1.29 bits per heavy atom. The number of benzene rings is 1. The number of aryl methyl sites for hydroxylation is 1. The van der Waals surface area contributed by atoms with Gasteiger partial charge in [0.2, 0.25) is 0 Å². The van der Waals surface area contributed by atoms with Crippen LogP contribution in [0, 0.1) is 0 Å². The number of rotatable bonds is 4. The first-order valence-electron chi connectivity index (χ1n) is 4.90. The molecule has 0 unspecified atom stereocenters. The molecule has 1 aromatic heterocycles. The molecule has 0 amide bonds. The van der Waals surface area contributed by atoms with Crippen LogP contribution >= 0.6 is 0 Å². The first-order valence-corrected chi connectivity index (χ1v) is 4.90. The maximum atomic E-state index is 10.2. The Balaban J connectivity index is 2.14. The molecule has 72 valence electrons. The smallest absolute Gasteiger partial charge is 0.120 e. The Kier molecular flexibility index (Phi) is 2.63. The highest BCUT2D eigenvalue weighted by Crippen LogP contribution is 2.15. The fraction of sp³-hybridized carbons (Fsp3) is 0.250. The number of aromatic nitrogens is 1. The van der Waals surface area contributed by atoms with Crippen molar-refractivity contribution in [1.29, 1.82) is 0 Å². The number of unbranched alkanes of at least 4 members (excludes halogenated alkanes) is 1. The van der Waals surface area contributed by atoms with Crippen LogP contribution in [0.3, 0.4) is 0 Å². The summed E-state index contributed by atoms with van der Waals surface area (Å²) in [5, 5.41) is 1.24. The van der Waals surface area contributed by atoms with Gasteiger partial charge in [0.05, 0.1) is 0 Å². The molecule has 2 aromatic rings. The molecule has 0 bridgehead atoms. The summed E-state index contributed by atoms with van der Waals surface area (Å²) in [6, 6.07) is 10.4. The van der Waals surface area contributed by atoms with Gasteiger partial charge in [0.15, 0.2) is 0 Å². The molecule has 1 aromatic carbocycles. The predicted molar refractivity (Wildman–Crippen MR) is 57.3 cm³/mol. The van der Waals surface area contributed by atoms with Crippen LogP contribution in [0.5, 0.6) is 0 Å². The third-order valence-corrected chi connectivity index (χ3v) is 2.35. The van der Waals surface area contributed by atoms with Crippen molar-refractivity contribution >= 4 is 17.2 Å². The van der Waals surface area contributed by atoms with E-state index in [0.29, 0.717) is 6.42 Å². The Hall–Kier alpha value is -1.57. The second-order valence-corrected chi connectivity index (χ2v) is 3.44. The summed E-state index contributed by atoms with van der Waals surface area (Å²) in [5.41, 5.74) is 2.39. The largest absolute Gasteiger partial charge is 0.358 e. The van der Waals surface area contributed by atoms with Gasteiger partial charge < -0.3 is 9.78 Å². The van der Waals surface area contributed by atoms with E-state index < -0.39 is 0 Å². The molecule has 2 heteroatoms. The molecule has 2 rings (SSSR count). The van der Waals surface area contributed by atoms with Crippen LogP contribution < -0.4 is 0 Å². The molecule has 0 aliphatic rings. The molecule has 0 atom stereocenters. The van der Waals surface area contributed by atoms with E-state index in [1.54, 1.807) is 0 Å². The highest BCUT2D eigenvalue weighted by atomic mass is 16.1. The lowest BCUT2D eigenvalue weighted by molar-refractivity contribution is -0.107. The number of hydrogen-bond acceptors (Lipinski definition) is 1. The van der Waals surface area contributed by atoms with Crippen molar-refractivity contribution in [2.75, 3.05) is 0 Å². The molecular weight excluding hydrogens is 174 g/mol. The lowest BCUT2D eigenvalue weighted by Gasteiger charge is -1.92. The van der Waals surface area contributed by atoms with Crippen molar-refractivity contribution in [1.82, 2.24) is 4.98 Å². The van der Waals surface area contributed by atoms with Crippen LogP contribution in [0.1, 0.15) is 18.5 Å². The number of hydrogen-bond donors (Lipinski definition) is 1. The van der Waals surface area contributed by atoms with Gasteiger partial charge in [-0.25, -0.2) is 0 Å². The number of aromatic amines is 1. The lowest BCUT2D eigenvalue weighted by atomic mass is 10.2.